The lowest BCUT2D eigenvalue weighted by Crippen LogP contribution is -2.46. The Bertz CT molecular complexity index is 1380. The van der Waals surface area contributed by atoms with E-state index in [9.17, 15) is 27.5 Å². The van der Waals surface area contributed by atoms with Crippen LogP contribution in [-0.2, 0) is 0 Å². The van der Waals surface area contributed by atoms with Gasteiger partial charge in [0.25, 0.3) is 5.91 Å². The molecule has 13 heteroatoms. The zero-order chi connectivity index (χ0) is 27.4. The first kappa shape index (κ1) is 27.4. The van der Waals surface area contributed by atoms with Gasteiger partial charge in [-0.3, -0.25) is 4.79 Å². The number of hydrogen-bond donors (Lipinski definition) is 4. The second-order valence-corrected chi connectivity index (χ2v) is 9.78. The number of nitrogens with one attached hydrogen (secondary N) is 3. The Balaban J connectivity index is 1.60. The lowest BCUT2D eigenvalue weighted by atomic mass is 10.0. The van der Waals surface area contributed by atoms with Crippen LogP contribution in [0.15, 0.2) is 41.7 Å². The number of benzene rings is 1. The molecule has 0 radical (unpaired) electrons. The molecule has 0 spiro atoms. The van der Waals surface area contributed by atoms with Crippen molar-refractivity contribution in [1.82, 2.24) is 19.6 Å². The number of phenolic OH excluding ortho intramolecular Hbond substituents is 1. The zero-order valence-electron chi connectivity index (χ0n) is 20.6. The molecule has 3 aromatic rings. The third-order valence-corrected chi connectivity index (χ3v) is 6.85. The number of aromatic hydroxyl groups is 1. The molecule has 1 aliphatic heterocycles. The minimum atomic E-state index is -4.57. The first-order valence-corrected chi connectivity index (χ1v) is 12.5. The van der Waals surface area contributed by atoms with Crippen LogP contribution in [0.3, 0.4) is 0 Å². The van der Waals surface area contributed by atoms with E-state index in [2.05, 4.69) is 32.8 Å². The van der Waals surface area contributed by atoms with Gasteiger partial charge in [-0.1, -0.05) is 11.8 Å². The summed E-state index contributed by atoms with van der Waals surface area (Å²) in [6.45, 7) is 0.917. The van der Waals surface area contributed by atoms with Crippen LogP contribution in [0.4, 0.5) is 29.1 Å². The highest BCUT2D eigenvalue weighted by Crippen LogP contribution is 2.40. The van der Waals surface area contributed by atoms with Crippen LogP contribution in [0.1, 0.15) is 22.3 Å². The number of rotatable bonds is 6. The molecule has 4 N–H and O–H groups in total. The van der Waals surface area contributed by atoms with Gasteiger partial charge in [0, 0.05) is 49.9 Å². The van der Waals surface area contributed by atoms with Crippen molar-refractivity contribution in [3.8, 4) is 17.6 Å². The summed E-state index contributed by atoms with van der Waals surface area (Å²) in [6, 6.07) is 5.22. The summed E-state index contributed by atoms with van der Waals surface area (Å²) in [7, 11) is 3.31. The van der Waals surface area contributed by atoms with E-state index >= 15 is 0 Å². The maximum absolute atomic E-state index is 14.6. The molecule has 202 valence electrons. The Hall–Kier alpha value is -3.63. The van der Waals surface area contributed by atoms with Crippen LogP contribution in [0, 0.1) is 11.8 Å². The maximum Gasteiger partial charge on any atom is 0.447 e. The molecule has 0 bridgehead atoms. The predicted molar refractivity (Wildman–Crippen MR) is 138 cm³/mol. The minimum absolute atomic E-state index is 0.0183. The number of alkyl halides is 4. The lowest BCUT2D eigenvalue weighted by molar-refractivity contribution is -0.0329. The molecule has 0 unspecified atom stereocenters. The average Bonchev–Trinajstić information content (AvgIpc) is 3.20. The van der Waals surface area contributed by atoms with Crippen LogP contribution in [-0.4, -0.2) is 76.7 Å². The summed E-state index contributed by atoms with van der Waals surface area (Å²) >= 11 is -0.297. The fourth-order valence-electron chi connectivity index (χ4n) is 4.13. The number of thioether (sulfide) groups is 1. The molecule has 0 saturated carbocycles. The minimum Gasteiger partial charge on any atom is -0.506 e. The number of phenols is 1. The van der Waals surface area contributed by atoms with Crippen LogP contribution >= 0.6 is 11.8 Å². The fraction of sp³-hybridized carbons (Fsp3) is 0.360. The number of carbonyl (C=O) groups excluding carboxylic acids is 1. The summed E-state index contributed by atoms with van der Waals surface area (Å²) in [6.07, 6.45) is 2.14. The third-order valence-electron chi connectivity index (χ3n) is 6.01. The number of carbonyl (C=O) groups is 1. The molecule has 2 atom stereocenters. The second-order valence-electron chi connectivity index (χ2n) is 8.73. The Morgan fingerprint density at radius 3 is 2.82 bits per heavy atom. The molecule has 1 amide bonds. The van der Waals surface area contributed by atoms with Crippen LogP contribution in [0.25, 0.3) is 5.52 Å². The monoisotopic (exact) mass is 550 g/mol. The number of nitrogens with zero attached hydrogens (tertiary/aromatic N) is 3. The van der Waals surface area contributed by atoms with Crippen molar-refractivity contribution < 1.29 is 27.5 Å². The Morgan fingerprint density at radius 2 is 2.11 bits per heavy atom. The molecule has 1 aliphatic rings. The smallest absolute Gasteiger partial charge is 0.447 e. The highest BCUT2D eigenvalue weighted by molar-refractivity contribution is 8.00. The third kappa shape index (κ3) is 6.43. The number of halogens is 4. The van der Waals surface area contributed by atoms with E-state index in [1.165, 1.54) is 48.1 Å². The first-order valence-electron chi connectivity index (χ1n) is 11.7. The summed E-state index contributed by atoms with van der Waals surface area (Å²) in [5, 5.41) is 18.3. The molecule has 38 heavy (non-hydrogen) atoms. The van der Waals surface area contributed by atoms with E-state index in [-0.39, 0.29) is 58.6 Å². The van der Waals surface area contributed by atoms with E-state index in [0.29, 0.717) is 24.0 Å². The number of piperidine rings is 1. The molecular weight excluding hydrogens is 524 g/mol. The largest absolute Gasteiger partial charge is 0.506 e. The van der Waals surface area contributed by atoms with Crippen LogP contribution in [0.5, 0.6) is 5.75 Å². The van der Waals surface area contributed by atoms with E-state index in [4.69, 9.17) is 0 Å². The molecular formula is C25H26F4N6O2S. The van der Waals surface area contributed by atoms with Crippen molar-refractivity contribution in [2.24, 2.45) is 0 Å². The number of fused-ring (bicyclic) bond motifs is 1. The number of amides is 1. The van der Waals surface area contributed by atoms with Crippen molar-refractivity contribution in [2.75, 3.05) is 44.4 Å². The maximum atomic E-state index is 14.6. The van der Waals surface area contributed by atoms with Crippen molar-refractivity contribution >= 4 is 34.7 Å². The molecule has 8 nitrogen and oxygen atoms in total. The van der Waals surface area contributed by atoms with Gasteiger partial charge in [-0.25, -0.2) is 9.37 Å². The normalized spacial score (nSPS) is 18.1. The standard InChI is InChI=1S/C25H26F4N6O2S/c1-30-23(37)15-5-6-21(36)19(12-15)31-8-3-4-16-13-20-22(33-18-7-10-34(2)14-17(18)26)32-9-11-35(20)24(16)38-25(27,28)29/h5-6,9,11-13,17-18,31,36H,7-8,10,14H2,1-2H3,(H,30,37)(H,32,33)/t17-,18+/m0/s1. The highest BCUT2D eigenvalue weighted by atomic mass is 32.2. The molecule has 1 aromatic carbocycles. The first-order chi connectivity index (χ1) is 18.1. The summed E-state index contributed by atoms with van der Waals surface area (Å²) in [5.74, 6) is 5.35. The number of anilines is 2. The van der Waals surface area contributed by atoms with E-state index in [1.807, 2.05) is 11.9 Å². The fourth-order valence-corrected chi connectivity index (χ4v) is 4.83. The summed E-state index contributed by atoms with van der Waals surface area (Å²) in [4.78, 5) is 18.0. The van der Waals surface area contributed by atoms with Crippen molar-refractivity contribution in [3.05, 3.63) is 47.8 Å². The van der Waals surface area contributed by atoms with Gasteiger partial charge in [0.2, 0.25) is 0 Å². The van der Waals surface area contributed by atoms with Gasteiger partial charge in [0.1, 0.15) is 16.9 Å². The Morgan fingerprint density at radius 1 is 1.32 bits per heavy atom. The topological polar surface area (TPSA) is 93.9 Å². The van der Waals surface area contributed by atoms with E-state index in [0.717, 1.165) is 0 Å². The van der Waals surface area contributed by atoms with Crippen LogP contribution in [0.2, 0.25) is 0 Å². The van der Waals surface area contributed by atoms with Crippen molar-refractivity contribution in [3.63, 3.8) is 0 Å². The van der Waals surface area contributed by atoms with Gasteiger partial charge in [0.15, 0.2) is 5.82 Å². The number of likely N-dealkylation sites (tertiary alicyclic amines) is 1. The molecule has 3 heterocycles. The SMILES string of the molecule is CNC(=O)c1ccc(O)c(NCC#Cc2cc3c(N[C@@H]4CCN(C)C[C@@H]4F)nccn3c2SC(F)(F)F)c1. The van der Waals surface area contributed by atoms with Gasteiger partial charge in [-0.15, -0.1) is 0 Å². The van der Waals surface area contributed by atoms with Crippen molar-refractivity contribution in [1.29, 1.82) is 0 Å². The van der Waals surface area contributed by atoms with Gasteiger partial charge in [-0.2, -0.15) is 13.2 Å². The van der Waals surface area contributed by atoms with E-state index in [1.54, 1.807) is 0 Å². The van der Waals surface area contributed by atoms with Crippen molar-refractivity contribution in [2.45, 2.75) is 29.2 Å². The zero-order valence-corrected chi connectivity index (χ0v) is 21.4. The van der Waals surface area contributed by atoms with Gasteiger partial charge < -0.3 is 30.4 Å². The molecule has 1 fully saturated rings. The molecule has 0 aliphatic carbocycles. The summed E-state index contributed by atoms with van der Waals surface area (Å²) in [5.41, 5.74) is -3.53. The van der Waals surface area contributed by atoms with Gasteiger partial charge in [-0.05, 0) is 37.7 Å². The second kappa shape index (κ2) is 11.4. The average molecular weight is 551 g/mol. The predicted octanol–water partition coefficient (Wildman–Crippen LogP) is 3.93. The van der Waals surface area contributed by atoms with Gasteiger partial charge >= 0.3 is 5.51 Å². The highest BCUT2D eigenvalue weighted by Gasteiger charge is 2.33. The Kier molecular flexibility index (Phi) is 8.23. The van der Waals surface area contributed by atoms with Gasteiger partial charge in [0.05, 0.1) is 29.4 Å². The quantitative estimate of drug-likeness (QED) is 0.160. The summed E-state index contributed by atoms with van der Waals surface area (Å²) < 4.78 is 56.2. The molecule has 1 saturated heterocycles. The number of aromatic nitrogens is 2. The number of hydrogen-bond acceptors (Lipinski definition) is 7. The van der Waals surface area contributed by atoms with E-state index < -0.39 is 17.7 Å². The Labute approximate surface area is 220 Å². The molecule has 2 aromatic heterocycles. The van der Waals surface area contributed by atoms with Crippen LogP contribution < -0.4 is 16.0 Å². The lowest BCUT2D eigenvalue weighted by Gasteiger charge is -2.33. The molecule has 4 rings (SSSR count).